The number of rotatable bonds is 6. The molecule has 0 radical (unpaired) electrons. The second kappa shape index (κ2) is 9.03. The van der Waals surface area contributed by atoms with Crippen LogP contribution in [0.25, 0.3) is 0 Å². The summed E-state index contributed by atoms with van der Waals surface area (Å²) in [5.41, 5.74) is 4.18. The van der Waals surface area contributed by atoms with Gasteiger partial charge in [0, 0.05) is 12.6 Å². The van der Waals surface area contributed by atoms with E-state index < -0.39 is 0 Å². The van der Waals surface area contributed by atoms with E-state index in [1.165, 1.54) is 23.1 Å². The minimum Gasteiger partial charge on any atom is -0.334 e. The smallest absolute Gasteiger partial charge is 0.276 e. The Bertz CT molecular complexity index is 950. The molecule has 0 saturated carbocycles. The van der Waals surface area contributed by atoms with Crippen molar-refractivity contribution in [2.45, 2.75) is 51.6 Å². The van der Waals surface area contributed by atoms with Crippen LogP contribution in [-0.4, -0.2) is 38.4 Å². The van der Waals surface area contributed by atoms with Crippen molar-refractivity contribution in [3.63, 3.8) is 0 Å². The molecule has 4 rings (SSSR count). The molecule has 1 aromatic heterocycles. The summed E-state index contributed by atoms with van der Waals surface area (Å²) < 4.78 is 1.76. The molecule has 5 nitrogen and oxygen atoms in total. The van der Waals surface area contributed by atoms with Crippen molar-refractivity contribution in [2.24, 2.45) is 0 Å². The second-order valence-corrected chi connectivity index (χ2v) is 7.90. The number of benzene rings is 2. The number of hydrogen-bond acceptors (Lipinski definition) is 3. The average molecular weight is 389 g/mol. The molecule has 1 fully saturated rings. The van der Waals surface area contributed by atoms with Gasteiger partial charge in [0.25, 0.3) is 5.91 Å². The minimum absolute atomic E-state index is 0.0128. The molecular formula is C24H28N4O. The normalized spacial score (nSPS) is 16.7. The highest BCUT2D eigenvalue weighted by Crippen LogP contribution is 2.23. The van der Waals surface area contributed by atoms with Gasteiger partial charge in [-0.15, -0.1) is 5.10 Å². The molecular weight excluding hydrogens is 360 g/mol. The molecule has 0 unspecified atom stereocenters. The van der Waals surface area contributed by atoms with Gasteiger partial charge in [-0.1, -0.05) is 59.8 Å². The third-order valence-corrected chi connectivity index (χ3v) is 5.85. The molecule has 150 valence electrons. The molecule has 0 bridgehead atoms. The Hall–Kier alpha value is -2.95. The van der Waals surface area contributed by atoms with Crippen LogP contribution in [0.4, 0.5) is 0 Å². The number of amides is 1. The Morgan fingerprint density at radius 3 is 2.69 bits per heavy atom. The van der Waals surface area contributed by atoms with E-state index in [0.29, 0.717) is 12.2 Å². The summed E-state index contributed by atoms with van der Waals surface area (Å²) in [5, 5.41) is 8.40. The van der Waals surface area contributed by atoms with E-state index in [2.05, 4.69) is 53.6 Å². The quantitative estimate of drug-likeness (QED) is 0.634. The molecule has 1 saturated heterocycles. The van der Waals surface area contributed by atoms with Gasteiger partial charge in [-0.2, -0.15) is 0 Å². The third kappa shape index (κ3) is 4.73. The highest BCUT2D eigenvalue weighted by Gasteiger charge is 2.28. The Balaban J connectivity index is 1.43. The molecule has 1 amide bonds. The highest BCUT2D eigenvalue weighted by molar-refractivity contribution is 5.92. The van der Waals surface area contributed by atoms with Crippen LogP contribution in [0.15, 0.2) is 60.8 Å². The van der Waals surface area contributed by atoms with Crippen LogP contribution in [0.3, 0.4) is 0 Å². The van der Waals surface area contributed by atoms with Crippen LogP contribution < -0.4 is 0 Å². The van der Waals surface area contributed by atoms with Gasteiger partial charge in [0.15, 0.2) is 5.69 Å². The Labute approximate surface area is 172 Å². The standard InChI is InChI=1S/C24H28N4O/c1-19-9-5-6-12-21(19)17-27-18-23(25-26-27)24(29)28-16-8-7-13-22(28)15-14-20-10-3-2-4-11-20/h2-6,9-12,18,22H,7-8,13-17H2,1H3/t22-/m1/s1. The van der Waals surface area contributed by atoms with E-state index in [1.807, 2.05) is 23.1 Å². The van der Waals surface area contributed by atoms with Crippen molar-refractivity contribution in [3.8, 4) is 0 Å². The van der Waals surface area contributed by atoms with E-state index in [9.17, 15) is 4.79 Å². The van der Waals surface area contributed by atoms with Crippen molar-refractivity contribution in [1.29, 1.82) is 0 Å². The predicted octanol–water partition coefficient (Wildman–Crippen LogP) is 4.26. The number of carbonyl (C=O) groups excluding carboxylic acids is 1. The van der Waals surface area contributed by atoms with Gasteiger partial charge in [-0.3, -0.25) is 4.79 Å². The number of aromatic nitrogens is 3. The number of carbonyl (C=O) groups is 1. The van der Waals surface area contributed by atoms with Gasteiger partial charge in [0.2, 0.25) is 0 Å². The topological polar surface area (TPSA) is 51.0 Å². The van der Waals surface area contributed by atoms with Gasteiger partial charge in [-0.05, 0) is 55.7 Å². The number of hydrogen-bond donors (Lipinski definition) is 0. The fraction of sp³-hybridized carbons (Fsp3) is 0.375. The summed E-state index contributed by atoms with van der Waals surface area (Å²) >= 11 is 0. The van der Waals surface area contributed by atoms with Crippen molar-refractivity contribution >= 4 is 5.91 Å². The molecule has 1 aliphatic rings. The molecule has 0 N–H and O–H groups in total. The minimum atomic E-state index is 0.0128. The molecule has 5 heteroatoms. The van der Waals surface area contributed by atoms with Gasteiger partial charge < -0.3 is 4.90 Å². The van der Waals surface area contributed by atoms with Crippen molar-refractivity contribution in [1.82, 2.24) is 19.9 Å². The zero-order valence-corrected chi connectivity index (χ0v) is 17.0. The Morgan fingerprint density at radius 1 is 1.07 bits per heavy atom. The lowest BCUT2D eigenvalue weighted by Crippen LogP contribution is -2.44. The fourth-order valence-electron chi connectivity index (χ4n) is 4.13. The van der Waals surface area contributed by atoms with Gasteiger partial charge in [0.1, 0.15) is 0 Å². The van der Waals surface area contributed by atoms with Crippen LogP contribution in [0, 0.1) is 6.92 Å². The number of nitrogens with zero attached hydrogens (tertiary/aromatic N) is 4. The maximum absolute atomic E-state index is 13.2. The van der Waals surface area contributed by atoms with E-state index in [-0.39, 0.29) is 11.9 Å². The summed E-state index contributed by atoms with van der Waals surface area (Å²) in [6, 6.07) is 19.0. The summed E-state index contributed by atoms with van der Waals surface area (Å²) in [5.74, 6) is 0.0128. The van der Waals surface area contributed by atoms with Crippen molar-refractivity contribution < 1.29 is 4.79 Å². The average Bonchev–Trinajstić information content (AvgIpc) is 3.23. The zero-order valence-electron chi connectivity index (χ0n) is 17.0. The van der Waals surface area contributed by atoms with Crippen LogP contribution in [0.1, 0.15) is 52.9 Å². The second-order valence-electron chi connectivity index (χ2n) is 7.90. The number of aryl methyl sites for hydroxylation is 2. The fourth-order valence-corrected chi connectivity index (χ4v) is 4.13. The molecule has 0 aliphatic carbocycles. The van der Waals surface area contributed by atoms with Gasteiger partial charge in [-0.25, -0.2) is 4.68 Å². The monoisotopic (exact) mass is 388 g/mol. The predicted molar refractivity (Wildman–Crippen MR) is 114 cm³/mol. The highest BCUT2D eigenvalue weighted by atomic mass is 16.2. The summed E-state index contributed by atoms with van der Waals surface area (Å²) in [6.45, 7) is 3.52. The van der Waals surface area contributed by atoms with E-state index in [0.717, 1.165) is 32.2 Å². The molecule has 1 aliphatic heterocycles. The first-order chi connectivity index (χ1) is 14.2. The molecule has 3 aromatic rings. The zero-order chi connectivity index (χ0) is 20.1. The first kappa shape index (κ1) is 19.4. The molecule has 29 heavy (non-hydrogen) atoms. The van der Waals surface area contributed by atoms with E-state index in [1.54, 1.807) is 10.9 Å². The van der Waals surface area contributed by atoms with Crippen molar-refractivity contribution in [2.75, 3.05) is 6.54 Å². The summed E-state index contributed by atoms with van der Waals surface area (Å²) in [6.07, 6.45) is 7.09. The SMILES string of the molecule is Cc1ccccc1Cn1cc(C(=O)N2CCCC[C@@H]2CCc2ccccc2)nn1. The molecule has 2 aromatic carbocycles. The summed E-state index contributed by atoms with van der Waals surface area (Å²) in [7, 11) is 0. The van der Waals surface area contributed by atoms with Gasteiger partial charge in [0.05, 0.1) is 12.7 Å². The first-order valence-corrected chi connectivity index (χ1v) is 10.5. The van der Waals surface area contributed by atoms with E-state index in [4.69, 9.17) is 0 Å². The lowest BCUT2D eigenvalue weighted by atomic mass is 9.95. The number of likely N-dealkylation sites (tertiary alicyclic amines) is 1. The third-order valence-electron chi connectivity index (χ3n) is 5.85. The largest absolute Gasteiger partial charge is 0.334 e. The van der Waals surface area contributed by atoms with Gasteiger partial charge >= 0.3 is 0 Å². The van der Waals surface area contributed by atoms with Crippen LogP contribution in [-0.2, 0) is 13.0 Å². The maximum Gasteiger partial charge on any atom is 0.276 e. The Morgan fingerprint density at radius 2 is 1.86 bits per heavy atom. The summed E-state index contributed by atoms with van der Waals surface area (Å²) in [4.78, 5) is 15.2. The molecule has 0 spiro atoms. The van der Waals surface area contributed by atoms with E-state index >= 15 is 0 Å². The molecule has 2 heterocycles. The Kier molecular flexibility index (Phi) is 6.03. The lowest BCUT2D eigenvalue weighted by molar-refractivity contribution is 0.0595. The number of piperidine rings is 1. The first-order valence-electron chi connectivity index (χ1n) is 10.5. The van der Waals surface area contributed by atoms with Crippen LogP contribution in [0.5, 0.6) is 0 Å². The van der Waals surface area contributed by atoms with Crippen LogP contribution >= 0.6 is 0 Å². The van der Waals surface area contributed by atoms with Crippen molar-refractivity contribution in [3.05, 3.63) is 83.2 Å². The molecule has 1 atom stereocenters. The maximum atomic E-state index is 13.2. The van der Waals surface area contributed by atoms with Crippen LogP contribution in [0.2, 0.25) is 0 Å². The lowest BCUT2D eigenvalue weighted by Gasteiger charge is -2.35.